The number of hydrogen-bond acceptors (Lipinski definition) is 4. The Hall–Kier alpha value is -3.45. The van der Waals surface area contributed by atoms with Gasteiger partial charge in [-0.3, -0.25) is 18.7 Å². The summed E-state index contributed by atoms with van der Waals surface area (Å²) in [7, 11) is 0. The molecule has 0 spiro atoms. The largest absolute Gasteiger partial charge is 0.331 e. The van der Waals surface area contributed by atoms with Gasteiger partial charge in [0.25, 0.3) is 5.56 Å². The molecule has 31 heavy (non-hydrogen) atoms. The van der Waals surface area contributed by atoms with Crippen LogP contribution in [-0.4, -0.2) is 21.6 Å². The summed E-state index contributed by atoms with van der Waals surface area (Å²) in [5, 5.41) is 2.40. The lowest BCUT2D eigenvalue weighted by atomic mass is 10.2. The van der Waals surface area contributed by atoms with Crippen molar-refractivity contribution < 1.29 is 4.79 Å². The zero-order valence-corrected chi connectivity index (χ0v) is 18.0. The number of thiophene rings is 1. The first-order chi connectivity index (χ1) is 15.1. The highest BCUT2D eigenvalue weighted by Crippen LogP contribution is 2.15. The smallest absolute Gasteiger partial charge is 0.311 e. The van der Waals surface area contributed by atoms with Gasteiger partial charge in [-0.25, -0.2) is 4.79 Å². The van der Waals surface area contributed by atoms with E-state index in [0.717, 1.165) is 10.6 Å². The Morgan fingerprint density at radius 1 is 0.935 bits per heavy atom. The minimum atomic E-state index is -0.460. The summed E-state index contributed by atoms with van der Waals surface area (Å²) in [5.41, 5.74) is 0.467. The highest BCUT2D eigenvalue weighted by molar-refractivity contribution is 7.09. The Bertz CT molecular complexity index is 1310. The summed E-state index contributed by atoms with van der Waals surface area (Å²) < 4.78 is 2.66. The molecule has 0 N–H and O–H groups in total. The third-order valence-electron chi connectivity index (χ3n) is 5.27. The van der Waals surface area contributed by atoms with Crippen molar-refractivity contribution in [2.45, 2.75) is 26.4 Å². The van der Waals surface area contributed by atoms with Crippen LogP contribution in [0.25, 0.3) is 10.9 Å². The highest BCUT2D eigenvalue weighted by atomic mass is 32.1. The molecule has 158 valence electrons. The molecule has 0 unspecified atom stereocenters. The standard InChI is InChI=1S/C24H23N3O3S/c1-2-25(18-9-4-3-5-10-18)22(28)17-27-21-13-7-6-12-20(21)23(29)26(24(27)30)15-14-19-11-8-16-31-19/h3-13,16H,2,14-15,17H2,1H3. The maximum absolute atomic E-state index is 13.3. The molecule has 2 heterocycles. The summed E-state index contributed by atoms with van der Waals surface area (Å²) >= 11 is 1.59. The third-order valence-corrected chi connectivity index (χ3v) is 6.21. The first kappa shape index (κ1) is 20.8. The molecule has 0 radical (unpaired) electrons. The van der Waals surface area contributed by atoms with Crippen LogP contribution in [0.2, 0.25) is 0 Å². The van der Waals surface area contributed by atoms with Gasteiger partial charge in [0, 0.05) is 23.7 Å². The van der Waals surface area contributed by atoms with E-state index in [-0.39, 0.29) is 24.6 Å². The number of likely N-dealkylation sites (N-methyl/N-ethyl adjacent to an activating group) is 1. The number of anilines is 1. The molecule has 4 aromatic rings. The van der Waals surface area contributed by atoms with Crippen LogP contribution in [0, 0.1) is 0 Å². The van der Waals surface area contributed by atoms with Crippen LogP contribution in [0.15, 0.2) is 81.7 Å². The third kappa shape index (κ3) is 4.22. The van der Waals surface area contributed by atoms with Crippen LogP contribution in [-0.2, 0) is 24.3 Å². The number of hydrogen-bond donors (Lipinski definition) is 0. The number of aryl methyl sites for hydroxylation is 1. The van der Waals surface area contributed by atoms with Gasteiger partial charge < -0.3 is 4.90 Å². The number of benzene rings is 2. The van der Waals surface area contributed by atoms with E-state index in [1.165, 1.54) is 9.13 Å². The minimum absolute atomic E-state index is 0.138. The van der Waals surface area contributed by atoms with Crippen LogP contribution >= 0.6 is 11.3 Å². The highest BCUT2D eigenvalue weighted by Gasteiger charge is 2.19. The molecule has 1 amide bonds. The van der Waals surface area contributed by atoms with Crippen LogP contribution in [0.5, 0.6) is 0 Å². The second kappa shape index (κ2) is 9.14. The minimum Gasteiger partial charge on any atom is -0.311 e. The van der Waals surface area contributed by atoms with Crippen molar-refractivity contribution >= 4 is 33.8 Å². The Kier molecular flexibility index (Phi) is 6.13. The molecule has 0 bridgehead atoms. The van der Waals surface area contributed by atoms with Gasteiger partial charge in [-0.15, -0.1) is 11.3 Å². The number of aromatic nitrogens is 2. The molecular formula is C24H23N3O3S. The van der Waals surface area contributed by atoms with Crippen molar-refractivity contribution in [1.29, 1.82) is 0 Å². The predicted molar refractivity (Wildman–Crippen MR) is 125 cm³/mol. The monoisotopic (exact) mass is 433 g/mol. The van der Waals surface area contributed by atoms with Gasteiger partial charge in [0.2, 0.25) is 5.91 Å². The van der Waals surface area contributed by atoms with Crippen molar-refractivity contribution in [3.63, 3.8) is 0 Å². The van der Waals surface area contributed by atoms with Crippen molar-refractivity contribution in [3.05, 3.63) is 97.8 Å². The molecule has 0 saturated heterocycles. The fraction of sp³-hybridized carbons (Fsp3) is 0.208. The average Bonchev–Trinajstić information content (AvgIpc) is 3.31. The maximum Gasteiger partial charge on any atom is 0.331 e. The normalized spacial score (nSPS) is 11.0. The summed E-state index contributed by atoms with van der Waals surface area (Å²) in [6, 6.07) is 20.3. The molecule has 6 nitrogen and oxygen atoms in total. The van der Waals surface area contributed by atoms with E-state index in [9.17, 15) is 14.4 Å². The van der Waals surface area contributed by atoms with Gasteiger partial charge in [0.1, 0.15) is 6.54 Å². The van der Waals surface area contributed by atoms with Gasteiger partial charge >= 0.3 is 5.69 Å². The Morgan fingerprint density at radius 3 is 2.39 bits per heavy atom. The predicted octanol–water partition coefficient (Wildman–Crippen LogP) is 3.52. The SMILES string of the molecule is CCN(C(=O)Cn1c(=O)n(CCc2cccs2)c(=O)c2ccccc21)c1ccccc1. The van der Waals surface area contributed by atoms with Gasteiger partial charge in [0.05, 0.1) is 10.9 Å². The molecular weight excluding hydrogens is 410 g/mol. The van der Waals surface area contributed by atoms with Crippen molar-refractivity contribution in [2.75, 3.05) is 11.4 Å². The van der Waals surface area contributed by atoms with Gasteiger partial charge in [-0.1, -0.05) is 36.4 Å². The molecule has 4 rings (SSSR count). The second-order valence-electron chi connectivity index (χ2n) is 7.15. The van der Waals surface area contributed by atoms with Gasteiger partial charge in [-0.05, 0) is 49.1 Å². The number of fused-ring (bicyclic) bond motifs is 1. The zero-order chi connectivity index (χ0) is 21.8. The van der Waals surface area contributed by atoms with E-state index in [1.54, 1.807) is 40.5 Å². The molecule has 0 aliphatic rings. The lowest BCUT2D eigenvalue weighted by Crippen LogP contribution is -2.43. The summed E-state index contributed by atoms with van der Waals surface area (Å²) in [6.45, 7) is 2.51. The number of nitrogens with zero attached hydrogens (tertiary/aromatic N) is 3. The number of rotatable bonds is 7. The Labute approximate surface area is 183 Å². The van der Waals surface area contributed by atoms with Crippen LogP contribution in [0.1, 0.15) is 11.8 Å². The van der Waals surface area contributed by atoms with Gasteiger partial charge in [0.15, 0.2) is 0 Å². The molecule has 7 heteroatoms. The number of carbonyl (C=O) groups excluding carboxylic acids is 1. The molecule has 0 aliphatic heterocycles. The summed E-state index contributed by atoms with van der Waals surface area (Å²) in [5.74, 6) is -0.204. The fourth-order valence-electron chi connectivity index (χ4n) is 3.73. The van der Waals surface area contributed by atoms with E-state index in [4.69, 9.17) is 0 Å². The van der Waals surface area contributed by atoms with Crippen LogP contribution < -0.4 is 16.1 Å². The Balaban J connectivity index is 1.75. The van der Waals surface area contributed by atoms with Gasteiger partial charge in [-0.2, -0.15) is 0 Å². The quantitative estimate of drug-likeness (QED) is 0.448. The van der Waals surface area contributed by atoms with E-state index >= 15 is 0 Å². The maximum atomic E-state index is 13.3. The molecule has 0 fully saturated rings. The second-order valence-corrected chi connectivity index (χ2v) is 8.18. The number of carbonyl (C=O) groups is 1. The molecule has 0 saturated carbocycles. The lowest BCUT2D eigenvalue weighted by Gasteiger charge is -2.22. The lowest BCUT2D eigenvalue weighted by molar-refractivity contribution is -0.119. The first-order valence-corrected chi connectivity index (χ1v) is 11.1. The van der Waals surface area contributed by atoms with E-state index in [0.29, 0.717) is 23.9 Å². The summed E-state index contributed by atoms with van der Waals surface area (Å²) in [6.07, 6.45) is 0.588. The van der Waals surface area contributed by atoms with E-state index < -0.39 is 5.69 Å². The Morgan fingerprint density at radius 2 is 1.68 bits per heavy atom. The molecule has 0 aliphatic carbocycles. The van der Waals surface area contributed by atoms with E-state index in [2.05, 4.69) is 0 Å². The number of para-hydroxylation sites is 2. The molecule has 0 atom stereocenters. The first-order valence-electron chi connectivity index (χ1n) is 10.2. The molecule has 2 aromatic carbocycles. The van der Waals surface area contributed by atoms with Crippen LogP contribution in [0.4, 0.5) is 5.69 Å². The topological polar surface area (TPSA) is 64.3 Å². The average molecular weight is 434 g/mol. The van der Waals surface area contributed by atoms with E-state index in [1.807, 2.05) is 54.8 Å². The molecule has 2 aromatic heterocycles. The summed E-state index contributed by atoms with van der Waals surface area (Å²) in [4.78, 5) is 42.2. The number of amides is 1. The fourth-order valence-corrected chi connectivity index (χ4v) is 4.43. The van der Waals surface area contributed by atoms with Crippen molar-refractivity contribution in [3.8, 4) is 0 Å². The van der Waals surface area contributed by atoms with Crippen LogP contribution in [0.3, 0.4) is 0 Å². The zero-order valence-electron chi connectivity index (χ0n) is 17.2. The van der Waals surface area contributed by atoms with Crippen molar-refractivity contribution in [1.82, 2.24) is 9.13 Å². The van der Waals surface area contributed by atoms with Crippen molar-refractivity contribution in [2.24, 2.45) is 0 Å².